The lowest BCUT2D eigenvalue weighted by Crippen LogP contribution is -2.37. The van der Waals surface area contributed by atoms with Crippen LogP contribution in [0.15, 0.2) is 12.1 Å². The zero-order valence-corrected chi connectivity index (χ0v) is 13.0. The molecule has 0 saturated heterocycles. The first-order valence-electron chi connectivity index (χ1n) is 7.88. The van der Waals surface area contributed by atoms with E-state index in [1.807, 2.05) is 0 Å². The van der Waals surface area contributed by atoms with Crippen molar-refractivity contribution < 1.29 is 0 Å². The number of H-pyrrole nitrogens is 1. The smallest absolute Gasteiger partial charge is 0.0491 e. The molecule has 3 rings (SSSR count). The van der Waals surface area contributed by atoms with E-state index in [4.69, 9.17) is 5.73 Å². The first kappa shape index (κ1) is 13.7. The molecule has 1 fully saturated rings. The molecule has 3 N–H and O–H groups in total. The second kappa shape index (κ2) is 4.92. The molecular weight excluding hydrogens is 244 g/mol. The largest absolute Gasteiger partial charge is 0.358 e. The topological polar surface area (TPSA) is 41.8 Å². The van der Waals surface area contributed by atoms with Gasteiger partial charge in [-0.25, -0.2) is 0 Å². The highest BCUT2D eigenvalue weighted by Gasteiger charge is 2.36. The van der Waals surface area contributed by atoms with Crippen molar-refractivity contribution in [3.8, 4) is 0 Å². The van der Waals surface area contributed by atoms with Gasteiger partial charge in [0, 0.05) is 28.6 Å². The molecule has 1 saturated carbocycles. The maximum Gasteiger partial charge on any atom is 0.0491 e. The third kappa shape index (κ3) is 1.89. The molecule has 0 atom stereocenters. The van der Waals surface area contributed by atoms with Gasteiger partial charge in [0.25, 0.3) is 0 Å². The van der Waals surface area contributed by atoms with Gasteiger partial charge in [0.15, 0.2) is 0 Å². The lowest BCUT2D eigenvalue weighted by atomic mass is 9.68. The summed E-state index contributed by atoms with van der Waals surface area (Å²) < 4.78 is 0. The number of aromatic amines is 1. The molecule has 1 heterocycles. The van der Waals surface area contributed by atoms with Crippen LogP contribution in [0.3, 0.4) is 0 Å². The maximum atomic E-state index is 6.24. The Morgan fingerprint density at radius 2 is 1.80 bits per heavy atom. The zero-order chi connectivity index (χ0) is 14.3. The van der Waals surface area contributed by atoms with E-state index in [0.29, 0.717) is 0 Å². The van der Waals surface area contributed by atoms with Crippen molar-refractivity contribution in [1.29, 1.82) is 0 Å². The summed E-state index contributed by atoms with van der Waals surface area (Å²) in [6, 6.07) is 4.55. The van der Waals surface area contributed by atoms with Gasteiger partial charge in [-0.3, -0.25) is 0 Å². The highest BCUT2D eigenvalue weighted by atomic mass is 14.7. The molecular formula is C18H26N2. The monoisotopic (exact) mass is 270 g/mol. The molecule has 0 bridgehead atoms. The minimum atomic E-state index is 0.197. The molecule has 0 aliphatic heterocycles. The average molecular weight is 270 g/mol. The summed E-state index contributed by atoms with van der Waals surface area (Å²) in [6.07, 6.45) is 6.47. The normalized spacial score (nSPS) is 18.6. The molecule has 0 radical (unpaired) electrons. The number of benzene rings is 1. The molecule has 0 spiro atoms. The van der Waals surface area contributed by atoms with E-state index in [2.05, 4.69) is 37.9 Å². The number of hydrogen-bond donors (Lipinski definition) is 2. The number of fused-ring (bicyclic) bond motifs is 1. The highest BCUT2D eigenvalue weighted by molar-refractivity contribution is 5.89. The van der Waals surface area contributed by atoms with Crippen LogP contribution < -0.4 is 5.73 Å². The van der Waals surface area contributed by atoms with Crippen molar-refractivity contribution >= 4 is 10.9 Å². The lowest BCUT2D eigenvalue weighted by molar-refractivity contribution is 0.302. The average Bonchev–Trinajstić information content (AvgIpc) is 2.81. The maximum absolute atomic E-state index is 6.24. The summed E-state index contributed by atoms with van der Waals surface area (Å²) in [5.74, 6) is 0. The summed E-state index contributed by atoms with van der Waals surface area (Å²) >= 11 is 0. The van der Waals surface area contributed by atoms with Crippen molar-refractivity contribution in [1.82, 2.24) is 4.98 Å². The van der Waals surface area contributed by atoms with Crippen LogP contribution >= 0.6 is 0 Å². The Hall–Kier alpha value is -1.28. The lowest BCUT2D eigenvalue weighted by Gasteiger charge is -2.37. The molecule has 20 heavy (non-hydrogen) atoms. The van der Waals surface area contributed by atoms with Crippen molar-refractivity contribution in [2.75, 3.05) is 6.54 Å². The van der Waals surface area contributed by atoms with Crippen LogP contribution in [-0.4, -0.2) is 11.5 Å². The number of aryl methyl sites for hydroxylation is 3. The molecule has 1 aliphatic carbocycles. The van der Waals surface area contributed by atoms with Gasteiger partial charge in [-0.15, -0.1) is 0 Å². The molecule has 1 aromatic heterocycles. The Morgan fingerprint density at radius 1 is 1.10 bits per heavy atom. The molecule has 2 heteroatoms. The van der Waals surface area contributed by atoms with Gasteiger partial charge >= 0.3 is 0 Å². The van der Waals surface area contributed by atoms with Gasteiger partial charge < -0.3 is 10.7 Å². The number of hydrogen-bond acceptors (Lipinski definition) is 1. The first-order chi connectivity index (χ1) is 9.59. The van der Waals surface area contributed by atoms with Crippen LogP contribution in [0.25, 0.3) is 10.9 Å². The second-order valence-electron chi connectivity index (χ2n) is 6.60. The number of nitrogens with one attached hydrogen (secondary N) is 1. The summed E-state index contributed by atoms with van der Waals surface area (Å²) in [7, 11) is 0. The molecule has 2 aromatic rings. The van der Waals surface area contributed by atoms with Gasteiger partial charge in [-0.05, 0) is 50.3 Å². The Morgan fingerprint density at radius 3 is 2.45 bits per heavy atom. The number of aromatic nitrogens is 1. The highest BCUT2D eigenvalue weighted by Crippen LogP contribution is 2.43. The fraction of sp³-hybridized carbons (Fsp3) is 0.556. The summed E-state index contributed by atoms with van der Waals surface area (Å²) in [5.41, 5.74) is 13.3. The van der Waals surface area contributed by atoms with E-state index < -0.39 is 0 Å². The van der Waals surface area contributed by atoms with Gasteiger partial charge in [0.05, 0.1) is 0 Å². The quantitative estimate of drug-likeness (QED) is 0.841. The van der Waals surface area contributed by atoms with E-state index in [0.717, 1.165) is 6.54 Å². The Bertz CT molecular complexity index is 630. The van der Waals surface area contributed by atoms with Crippen LogP contribution in [0, 0.1) is 20.8 Å². The molecule has 1 aliphatic rings. The molecule has 2 nitrogen and oxygen atoms in total. The van der Waals surface area contributed by atoms with Crippen molar-refractivity contribution in [3.63, 3.8) is 0 Å². The predicted octanol–water partition coefficient (Wildman–Crippen LogP) is 4.25. The van der Waals surface area contributed by atoms with Crippen LogP contribution in [0.2, 0.25) is 0 Å². The van der Waals surface area contributed by atoms with E-state index in [-0.39, 0.29) is 5.41 Å². The van der Waals surface area contributed by atoms with E-state index >= 15 is 0 Å². The van der Waals surface area contributed by atoms with Gasteiger partial charge in [-0.1, -0.05) is 31.4 Å². The van der Waals surface area contributed by atoms with Crippen LogP contribution in [0.5, 0.6) is 0 Å². The third-order valence-electron chi connectivity index (χ3n) is 5.42. The first-order valence-corrected chi connectivity index (χ1v) is 7.88. The molecule has 0 amide bonds. The van der Waals surface area contributed by atoms with Gasteiger partial charge in [0.2, 0.25) is 0 Å². The SMILES string of the molecule is Cc1ccc2c(C3(CN)CCCCC3)c(C)[nH]c2c1C. The third-order valence-corrected chi connectivity index (χ3v) is 5.42. The summed E-state index contributed by atoms with van der Waals surface area (Å²) in [4.78, 5) is 3.64. The van der Waals surface area contributed by atoms with E-state index in [1.165, 1.54) is 65.4 Å². The molecule has 0 unspecified atom stereocenters. The fourth-order valence-corrected chi connectivity index (χ4v) is 4.11. The van der Waals surface area contributed by atoms with Crippen molar-refractivity contribution in [2.45, 2.75) is 58.3 Å². The molecule has 1 aromatic carbocycles. The second-order valence-corrected chi connectivity index (χ2v) is 6.60. The Labute approximate surface area is 121 Å². The van der Waals surface area contributed by atoms with Crippen LogP contribution in [0.1, 0.15) is 54.5 Å². The Balaban J connectivity index is 2.25. The number of rotatable bonds is 2. The van der Waals surface area contributed by atoms with Gasteiger partial charge in [-0.2, -0.15) is 0 Å². The zero-order valence-electron chi connectivity index (χ0n) is 13.0. The van der Waals surface area contributed by atoms with Gasteiger partial charge in [0.1, 0.15) is 0 Å². The standard InChI is InChI=1S/C18H26N2/c1-12-7-8-15-16(14(3)20-17(15)13(12)2)18(11-19)9-5-4-6-10-18/h7-8,20H,4-6,9-11,19H2,1-3H3. The Kier molecular flexibility index (Phi) is 3.37. The van der Waals surface area contributed by atoms with Crippen LogP contribution in [-0.2, 0) is 5.41 Å². The van der Waals surface area contributed by atoms with E-state index in [1.54, 1.807) is 0 Å². The number of nitrogens with two attached hydrogens (primary N) is 1. The van der Waals surface area contributed by atoms with Crippen LogP contribution in [0.4, 0.5) is 0 Å². The van der Waals surface area contributed by atoms with Crippen molar-refractivity contribution in [2.24, 2.45) is 5.73 Å². The van der Waals surface area contributed by atoms with E-state index in [9.17, 15) is 0 Å². The minimum Gasteiger partial charge on any atom is -0.358 e. The minimum absolute atomic E-state index is 0.197. The molecule has 108 valence electrons. The fourth-order valence-electron chi connectivity index (χ4n) is 4.11. The predicted molar refractivity (Wildman–Crippen MR) is 86.3 cm³/mol. The van der Waals surface area contributed by atoms with Crippen molar-refractivity contribution in [3.05, 3.63) is 34.5 Å². The summed E-state index contributed by atoms with van der Waals surface area (Å²) in [6.45, 7) is 7.39. The summed E-state index contributed by atoms with van der Waals surface area (Å²) in [5, 5.41) is 1.40.